The topological polar surface area (TPSA) is 59.5 Å². The molecule has 1 atom stereocenters. The summed E-state index contributed by atoms with van der Waals surface area (Å²) in [7, 11) is 0. The van der Waals surface area contributed by atoms with Crippen LogP contribution in [0.1, 0.15) is 35.9 Å². The molecule has 150 valence electrons. The van der Waals surface area contributed by atoms with Gasteiger partial charge in [0.05, 0.1) is 15.2 Å². The lowest BCUT2D eigenvalue weighted by molar-refractivity contribution is -0.159. The van der Waals surface area contributed by atoms with E-state index in [-0.39, 0.29) is 18.3 Å². The molecule has 2 aromatic carbocycles. The van der Waals surface area contributed by atoms with Gasteiger partial charge in [0.15, 0.2) is 6.10 Å². The molecule has 29 heavy (non-hydrogen) atoms. The van der Waals surface area contributed by atoms with E-state index in [2.05, 4.69) is 17.1 Å². The summed E-state index contributed by atoms with van der Waals surface area (Å²) in [5.41, 5.74) is 3.45. The van der Waals surface area contributed by atoms with Crippen molar-refractivity contribution in [3.63, 3.8) is 0 Å². The number of rotatable bonds is 6. The number of carbonyl (C=O) groups is 2. The Morgan fingerprint density at radius 3 is 2.72 bits per heavy atom. The number of amides is 1. The molecule has 3 aromatic rings. The smallest absolute Gasteiger partial charge is 0.306 e. The average Bonchev–Trinajstić information content (AvgIpc) is 3.15. The molecule has 4 rings (SSSR count). The van der Waals surface area contributed by atoms with Gasteiger partial charge in [0.25, 0.3) is 5.91 Å². The summed E-state index contributed by atoms with van der Waals surface area (Å²) in [4.78, 5) is 31.2. The molecule has 6 heteroatoms. The first-order valence-corrected chi connectivity index (χ1v) is 10.8. The van der Waals surface area contributed by atoms with Crippen molar-refractivity contribution in [2.45, 2.75) is 45.3 Å². The van der Waals surface area contributed by atoms with Gasteiger partial charge in [-0.2, -0.15) is 0 Å². The van der Waals surface area contributed by atoms with Crippen LogP contribution in [0.2, 0.25) is 0 Å². The number of hydrogen-bond acceptors (Lipinski definition) is 5. The monoisotopic (exact) mass is 408 g/mol. The summed E-state index contributed by atoms with van der Waals surface area (Å²) in [6.07, 6.45) is 1.77. The number of carbonyl (C=O) groups excluding carboxylic acids is 2. The average molecular weight is 409 g/mol. The van der Waals surface area contributed by atoms with Crippen molar-refractivity contribution < 1.29 is 14.3 Å². The Kier molecular flexibility index (Phi) is 5.90. The van der Waals surface area contributed by atoms with E-state index in [1.807, 2.05) is 36.4 Å². The maximum atomic E-state index is 12.7. The van der Waals surface area contributed by atoms with Crippen molar-refractivity contribution in [3.05, 3.63) is 64.7 Å². The normalized spacial score (nSPS) is 14.4. The van der Waals surface area contributed by atoms with Crippen molar-refractivity contribution in [2.75, 3.05) is 6.54 Å². The number of benzene rings is 2. The van der Waals surface area contributed by atoms with Gasteiger partial charge < -0.3 is 9.64 Å². The van der Waals surface area contributed by atoms with E-state index >= 15 is 0 Å². The van der Waals surface area contributed by atoms with E-state index in [1.165, 1.54) is 11.1 Å². The second-order valence-corrected chi connectivity index (χ2v) is 8.45. The number of ether oxygens (including phenoxy) is 1. The molecule has 0 aliphatic carbocycles. The van der Waals surface area contributed by atoms with Crippen LogP contribution in [0.15, 0.2) is 48.5 Å². The largest absolute Gasteiger partial charge is 0.453 e. The highest BCUT2D eigenvalue weighted by Crippen LogP contribution is 2.23. The lowest BCUT2D eigenvalue weighted by atomic mass is 9.99. The van der Waals surface area contributed by atoms with E-state index in [0.717, 1.165) is 28.1 Å². The summed E-state index contributed by atoms with van der Waals surface area (Å²) in [5, 5.41) is 1.02. The van der Waals surface area contributed by atoms with Crippen molar-refractivity contribution in [1.29, 1.82) is 0 Å². The number of aromatic nitrogens is 1. The van der Waals surface area contributed by atoms with Crippen LogP contribution in [0.3, 0.4) is 0 Å². The van der Waals surface area contributed by atoms with Gasteiger partial charge in [-0.15, -0.1) is 11.3 Å². The van der Waals surface area contributed by atoms with Crippen molar-refractivity contribution in [2.24, 2.45) is 0 Å². The number of para-hydroxylation sites is 1. The Bertz CT molecular complexity index is 997. The molecule has 0 fully saturated rings. The fourth-order valence-electron chi connectivity index (χ4n) is 3.66. The lowest BCUT2D eigenvalue weighted by Crippen LogP contribution is -2.42. The maximum absolute atomic E-state index is 12.7. The Hall–Kier alpha value is -2.73. The molecule has 2 heterocycles. The minimum absolute atomic E-state index is 0.126. The summed E-state index contributed by atoms with van der Waals surface area (Å²) >= 11 is 1.66. The van der Waals surface area contributed by atoms with Gasteiger partial charge in [-0.1, -0.05) is 36.4 Å². The van der Waals surface area contributed by atoms with Crippen LogP contribution in [0.25, 0.3) is 10.2 Å². The molecular formula is C23H24N2O3S. The van der Waals surface area contributed by atoms with E-state index < -0.39 is 6.10 Å². The van der Waals surface area contributed by atoms with E-state index in [4.69, 9.17) is 4.74 Å². The molecule has 0 saturated carbocycles. The van der Waals surface area contributed by atoms with Gasteiger partial charge in [0.2, 0.25) is 0 Å². The molecule has 1 aromatic heterocycles. The number of hydrogen-bond donors (Lipinski definition) is 0. The quantitative estimate of drug-likeness (QED) is 0.575. The van der Waals surface area contributed by atoms with Gasteiger partial charge >= 0.3 is 5.97 Å². The predicted octanol–water partition coefficient (Wildman–Crippen LogP) is 4.14. The Balaban J connectivity index is 1.24. The summed E-state index contributed by atoms with van der Waals surface area (Å²) < 4.78 is 6.56. The first kappa shape index (κ1) is 19.6. The van der Waals surface area contributed by atoms with Crippen LogP contribution < -0.4 is 0 Å². The lowest BCUT2D eigenvalue weighted by Gasteiger charge is -2.30. The summed E-state index contributed by atoms with van der Waals surface area (Å²) in [6.45, 7) is 2.90. The maximum Gasteiger partial charge on any atom is 0.306 e. The molecule has 0 spiro atoms. The molecule has 0 N–H and O–H groups in total. The highest BCUT2D eigenvalue weighted by molar-refractivity contribution is 7.18. The Morgan fingerprint density at radius 2 is 1.90 bits per heavy atom. The van der Waals surface area contributed by atoms with Crippen LogP contribution in [-0.4, -0.2) is 34.4 Å². The highest BCUT2D eigenvalue weighted by Gasteiger charge is 2.26. The zero-order valence-electron chi connectivity index (χ0n) is 16.5. The van der Waals surface area contributed by atoms with Crippen LogP contribution >= 0.6 is 11.3 Å². The number of nitrogens with zero attached hydrogens (tertiary/aromatic N) is 2. The molecular weight excluding hydrogens is 384 g/mol. The van der Waals surface area contributed by atoms with Crippen molar-refractivity contribution in [1.82, 2.24) is 9.88 Å². The minimum Gasteiger partial charge on any atom is -0.453 e. The molecule has 1 amide bonds. The second-order valence-electron chi connectivity index (χ2n) is 7.34. The number of esters is 1. The molecule has 0 radical (unpaired) electrons. The van der Waals surface area contributed by atoms with E-state index in [0.29, 0.717) is 19.5 Å². The van der Waals surface area contributed by atoms with Crippen LogP contribution in [-0.2, 0) is 33.7 Å². The zero-order chi connectivity index (χ0) is 20.2. The minimum atomic E-state index is -0.754. The molecule has 0 saturated heterocycles. The standard InChI is InChI=1S/C23H24N2O3S/c1-16(23(27)25-14-13-17-7-2-3-8-18(17)15-25)28-22(26)12-6-11-21-24-19-9-4-5-10-20(19)29-21/h2-5,7-10,16H,6,11-15H2,1H3. The third-order valence-corrected chi connectivity index (χ3v) is 6.30. The summed E-state index contributed by atoms with van der Waals surface area (Å²) in [6, 6.07) is 16.2. The molecule has 0 bridgehead atoms. The predicted molar refractivity (Wildman–Crippen MR) is 114 cm³/mol. The first-order valence-electron chi connectivity index (χ1n) is 9.99. The first-order chi connectivity index (χ1) is 14.1. The van der Waals surface area contributed by atoms with E-state index in [1.54, 1.807) is 23.2 Å². The fraction of sp³-hybridized carbons (Fsp3) is 0.348. The van der Waals surface area contributed by atoms with Crippen LogP contribution in [0, 0.1) is 0 Å². The van der Waals surface area contributed by atoms with Gasteiger partial charge in [0.1, 0.15) is 0 Å². The highest BCUT2D eigenvalue weighted by atomic mass is 32.1. The summed E-state index contributed by atoms with van der Waals surface area (Å²) in [5.74, 6) is -0.455. The number of aryl methyl sites for hydroxylation is 1. The Labute approximate surface area is 174 Å². The molecule has 1 aliphatic heterocycles. The van der Waals surface area contributed by atoms with Crippen molar-refractivity contribution in [3.8, 4) is 0 Å². The Morgan fingerprint density at radius 1 is 1.14 bits per heavy atom. The van der Waals surface area contributed by atoms with Crippen LogP contribution in [0.5, 0.6) is 0 Å². The number of thiazole rings is 1. The number of fused-ring (bicyclic) bond motifs is 2. The third kappa shape index (κ3) is 4.65. The van der Waals surface area contributed by atoms with Gasteiger partial charge in [-0.25, -0.2) is 4.98 Å². The molecule has 1 aliphatic rings. The van der Waals surface area contributed by atoms with Gasteiger partial charge in [-0.3, -0.25) is 9.59 Å². The zero-order valence-corrected chi connectivity index (χ0v) is 17.3. The van der Waals surface area contributed by atoms with Crippen molar-refractivity contribution >= 4 is 33.4 Å². The van der Waals surface area contributed by atoms with Crippen LogP contribution in [0.4, 0.5) is 0 Å². The van der Waals surface area contributed by atoms with E-state index in [9.17, 15) is 9.59 Å². The second kappa shape index (κ2) is 8.74. The van der Waals surface area contributed by atoms with Gasteiger partial charge in [-0.05, 0) is 49.4 Å². The molecule has 1 unspecified atom stereocenters. The SMILES string of the molecule is CC(OC(=O)CCCc1nc2ccccc2s1)C(=O)N1CCc2ccccc2C1. The molecule has 5 nitrogen and oxygen atoms in total. The fourth-order valence-corrected chi connectivity index (χ4v) is 4.67. The third-order valence-electron chi connectivity index (χ3n) is 5.21. The van der Waals surface area contributed by atoms with Gasteiger partial charge in [0, 0.05) is 19.5 Å².